The number of nitrogens with one attached hydrogen (secondary N) is 2. The predicted molar refractivity (Wildman–Crippen MR) is 242 cm³/mol. The lowest BCUT2D eigenvalue weighted by molar-refractivity contribution is 0.0694. The number of hydrogen-bond acceptors (Lipinski definition) is 12. The van der Waals surface area contributed by atoms with Crippen LogP contribution >= 0.6 is 11.3 Å². The fraction of sp³-hybridized carbons (Fsp3) is 0.348. The number of benzene rings is 3. The number of alkyl carbamates (subject to hydrolysis) is 1. The van der Waals surface area contributed by atoms with Gasteiger partial charge in [-0.1, -0.05) is 53.7 Å². The van der Waals surface area contributed by atoms with E-state index in [0.29, 0.717) is 63.4 Å². The number of halogens is 1. The molecule has 0 spiro atoms. The number of pyridine rings is 1. The standard InChI is InChI=1S/C46H52FN9O7S/c1-2-53-27-37(44(58)59)43(57)36-24-38(47)42(25-41(36)53)54-18-20-55(21-19-54)46(61)63-30-32-13-15-33(16-14-32)49-26-34(11-6-7-17-48)56-28-40(51-52-56)39(23-35-12-8-22-64-35)50-45(60)62-29-31-9-4-3-5-10-31/h3-5,8-10,12-16,22,24-25,27-28,34,39,49H,2,6-7,11,17-21,23,26,29-30,48H2,1H3,(H,50,60)(H,58,59)/t34-,39?/m0/s1. The summed E-state index contributed by atoms with van der Waals surface area (Å²) in [6.45, 7) is 4.80. The highest BCUT2D eigenvalue weighted by atomic mass is 32.1. The molecule has 3 aromatic carbocycles. The molecule has 64 heavy (non-hydrogen) atoms. The van der Waals surface area contributed by atoms with Crippen molar-refractivity contribution in [3.63, 3.8) is 0 Å². The third-order valence-electron chi connectivity index (χ3n) is 11.2. The molecule has 16 nitrogen and oxygen atoms in total. The van der Waals surface area contributed by atoms with E-state index in [1.165, 1.54) is 6.20 Å². The Morgan fingerprint density at radius 2 is 1.69 bits per heavy atom. The van der Waals surface area contributed by atoms with Gasteiger partial charge in [0.2, 0.25) is 5.43 Å². The monoisotopic (exact) mass is 893 g/mol. The van der Waals surface area contributed by atoms with Crippen molar-refractivity contribution in [1.82, 2.24) is 29.8 Å². The van der Waals surface area contributed by atoms with E-state index in [1.807, 2.05) is 89.9 Å². The first-order valence-corrected chi connectivity index (χ1v) is 22.2. The highest BCUT2D eigenvalue weighted by Crippen LogP contribution is 2.27. The molecule has 6 aromatic rings. The first-order chi connectivity index (χ1) is 31.1. The second kappa shape index (κ2) is 21.5. The normalized spacial score (nSPS) is 13.7. The second-order valence-corrected chi connectivity index (χ2v) is 16.5. The molecule has 0 saturated carbocycles. The van der Waals surface area contributed by atoms with E-state index in [9.17, 15) is 24.3 Å². The SMILES string of the molecule is CCn1cc(C(=O)O)c(=O)c2cc(F)c(N3CCN(C(=O)OCc4ccc(NC[C@H](CCCCN)n5cc(C(Cc6cccs6)NC(=O)OCc6ccccc6)nn5)cc4)CC3)cc21. The molecule has 336 valence electrons. The van der Waals surface area contributed by atoms with Gasteiger partial charge in [-0.05, 0) is 79.6 Å². The summed E-state index contributed by atoms with van der Waals surface area (Å²) in [4.78, 5) is 54.9. The molecule has 7 rings (SSSR count). The lowest BCUT2D eigenvalue weighted by Gasteiger charge is -2.35. The molecule has 0 bridgehead atoms. The Morgan fingerprint density at radius 3 is 2.39 bits per heavy atom. The Bertz CT molecular complexity index is 2560. The maximum Gasteiger partial charge on any atom is 0.410 e. The summed E-state index contributed by atoms with van der Waals surface area (Å²) in [6, 6.07) is 23.3. The van der Waals surface area contributed by atoms with Crippen LogP contribution in [0, 0.1) is 5.82 Å². The number of aryl methyl sites for hydroxylation is 1. The number of carboxylic acids is 1. The lowest BCUT2D eigenvalue weighted by Crippen LogP contribution is -2.49. The zero-order chi connectivity index (χ0) is 45.0. The van der Waals surface area contributed by atoms with E-state index in [4.69, 9.17) is 15.2 Å². The third kappa shape index (κ3) is 11.4. The third-order valence-corrected chi connectivity index (χ3v) is 12.1. The predicted octanol–water partition coefficient (Wildman–Crippen LogP) is 6.96. The Kier molecular flexibility index (Phi) is 15.2. The lowest BCUT2D eigenvalue weighted by atomic mass is 10.1. The zero-order valence-corrected chi connectivity index (χ0v) is 36.3. The zero-order valence-electron chi connectivity index (χ0n) is 35.5. The summed E-state index contributed by atoms with van der Waals surface area (Å²) < 4.78 is 30.0. The second-order valence-electron chi connectivity index (χ2n) is 15.5. The highest BCUT2D eigenvalue weighted by molar-refractivity contribution is 7.09. The van der Waals surface area contributed by atoms with Crippen LogP contribution in [-0.4, -0.2) is 87.0 Å². The smallest absolute Gasteiger partial charge is 0.410 e. The molecule has 2 amide bonds. The molecule has 3 aromatic heterocycles. The fourth-order valence-corrected chi connectivity index (χ4v) is 8.38. The fourth-order valence-electron chi connectivity index (χ4n) is 7.62. The van der Waals surface area contributed by atoms with Crippen LogP contribution in [-0.2, 0) is 35.7 Å². The van der Waals surface area contributed by atoms with Gasteiger partial charge in [0.15, 0.2) is 0 Å². The number of fused-ring (bicyclic) bond motifs is 1. The average molecular weight is 894 g/mol. The number of carboxylic acid groups (broad SMARTS) is 1. The number of amides is 2. The van der Waals surface area contributed by atoms with E-state index in [1.54, 1.807) is 31.8 Å². The number of thiophene rings is 1. The minimum atomic E-state index is -1.36. The number of nitrogens with two attached hydrogens (primary N) is 1. The van der Waals surface area contributed by atoms with Gasteiger partial charge in [-0.25, -0.2) is 23.5 Å². The number of rotatable bonds is 19. The van der Waals surface area contributed by atoms with Crippen molar-refractivity contribution in [2.75, 3.05) is 49.5 Å². The number of carbonyl (C=O) groups is 3. The number of unbranched alkanes of at least 4 members (excludes halogenated alkanes) is 1. The van der Waals surface area contributed by atoms with Gasteiger partial charge in [-0.2, -0.15) is 0 Å². The quantitative estimate of drug-likeness (QED) is 0.0611. The van der Waals surface area contributed by atoms with Crippen molar-refractivity contribution in [2.24, 2.45) is 5.73 Å². The number of hydrogen-bond donors (Lipinski definition) is 4. The number of carbonyl (C=O) groups excluding carboxylic acids is 2. The first-order valence-electron chi connectivity index (χ1n) is 21.3. The van der Waals surface area contributed by atoms with E-state index >= 15 is 4.39 Å². The molecular formula is C46H52FN9O7S. The summed E-state index contributed by atoms with van der Waals surface area (Å²) >= 11 is 1.60. The molecule has 0 aliphatic carbocycles. The average Bonchev–Trinajstić information content (AvgIpc) is 4.03. The molecule has 1 fully saturated rings. The van der Waals surface area contributed by atoms with Crippen molar-refractivity contribution in [3.8, 4) is 0 Å². The van der Waals surface area contributed by atoms with Crippen LogP contribution in [0.15, 0.2) is 101 Å². The van der Waals surface area contributed by atoms with Crippen molar-refractivity contribution < 1.29 is 33.4 Å². The summed E-state index contributed by atoms with van der Waals surface area (Å²) in [5.74, 6) is -2.00. The summed E-state index contributed by atoms with van der Waals surface area (Å²) in [5, 5.41) is 27.0. The van der Waals surface area contributed by atoms with Gasteiger partial charge >= 0.3 is 18.2 Å². The van der Waals surface area contributed by atoms with Crippen LogP contribution in [0.4, 0.5) is 25.4 Å². The molecule has 1 aliphatic heterocycles. The number of piperazine rings is 1. The van der Waals surface area contributed by atoms with Gasteiger partial charge in [0, 0.05) is 67.8 Å². The molecule has 4 heterocycles. The Morgan fingerprint density at radius 1 is 0.938 bits per heavy atom. The van der Waals surface area contributed by atoms with Crippen molar-refractivity contribution in [1.29, 1.82) is 0 Å². The molecular weight excluding hydrogens is 842 g/mol. The Labute approximate surface area is 373 Å². The molecule has 1 aliphatic rings. The van der Waals surface area contributed by atoms with E-state index < -0.39 is 41.0 Å². The maximum atomic E-state index is 15.4. The Balaban J connectivity index is 0.919. The minimum Gasteiger partial charge on any atom is -0.477 e. The van der Waals surface area contributed by atoms with Crippen LogP contribution in [0.5, 0.6) is 0 Å². The Hall–Kier alpha value is -6.79. The number of aromatic nitrogens is 4. The number of anilines is 2. The van der Waals surface area contributed by atoms with Gasteiger partial charge in [0.05, 0.1) is 29.5 Å². The van der Waals surface area contributed by atoms with E-state index in [0.717, 1.165) is 47.0 Å². The van der Waals surface area contributed by atoms with Gasteiger partial charge in [0.25, 0.3) is 0 Å². The summed E-state index contributed by atoms with van der Waals surface area (Å²) in [5.41, 5.74) is 8.58. The van der Waals surface area contributed by atoms with Gasteiger partial charge in [-0.15, -0.1) is 16.4 Å². The molecule has 2 atom stereocenters. The minimum absolute atomic E-state index is 0.00214. The topological polar surface area (TPSA) is 199 Å². The molecule has 5 N–H and O–H groups in total. The van der Waals surface area contributed by atoms with Crippen LogP contribution in [0.3, 0.4) is 0 Å². The highest BCUT2D eigenvalue weighted by Gasteiger charge is 2.26. The van der Waals surface area contributed by atoms with Crippen LogP contribution in [0.1, 0.15) is 70.3 Å². The maximum absolute atomic E-state index is 15.4. The molecule has 1 unspecified atom stereocenters. The van der Waals surface area contributed by atoms with Crippen LogP contribution in [0.25, 0.3) is 10.9 Å². The van der Waals surface area contributed by atoms with Gasteiger partial charge in [0.1, 0.15) is 30.3 Å². The molecule has 1 saturated heterocycles. The van der Waals surface area contributed by atoms with Crippen molar-refractivity contribution in [2.45, 2.75) is 64.4 Å². The number of ether oxygens (including phenoxy) is 2. The van der Waals surface area contributed by atoms with Crippen molar-refractivity contribution >= 4 is 51.8 Å². The van der Waals surface area contributed by atoms with Gasteiger partial charge < -0.3 is 45.3 Å². The van der Waals surface area contributed by atoms with E-state index in [-0.39, 0.29) is 30.3 Å². The van der Waals surface area contributed by atoms with Crippen LogP contribution < -0.4 is 26.7 Å². The number of aromatic carboxylic acids is 1. The summed E-state index contributed by atoms with van der Waals surface area (Å²) in [7, 11) is 0. The largest absolute Gasteiger partial charge is 0.477 e. The molecule has 0 radical (unpaired) electrons. The summed E-state index contributed by atoms with van der Waals surface area (Å²) in [6.07, 6.45) is 5.22. The van der Waals surface area contributed by atoms with Crippen LogP contribution in [0.2, 0.25) is 0 Å². The molecule has 18 heteroatoms. The first kappa shape index (κ1) is 45.2. The van der Waals surface area contributed by atoms with Crippen molar-refractivity contribution in [3.05, 3.63) is 140 Å². The van der Waals surface area contributed by atoms with E-state index in [2.05, 4.69) is 20.9 Å². The van der Waals surface area contributed by atoms with Gasteiger partial charge in [-0.3, -0.25) is 4.79 Å². The number of nitrogens with zero attached hydrogens (tertiary/aromatic N) is 6.